The van der Waals surface area contributed by atoms with Crippen LogP contribution in [0.1, 0.15) is 48.2 Å². The van der Waals surface area contributed by atoms with E-state index in [2.05, 4.69) is 47.5 Å². The predicted octanol–water partition coefficient (Wildman–Crippen LogP) is 4.61. The van der Waals surface area contributed by atoms with Crippen molar-refractivity contribution in [2.45, 2.75) is 39.0 Å². The number of benzene rings is 1. The Morgan fingerprint density at radius 1 is 1.14 bits per heavy atom. The molecule has 0 saturated carbocycles. The zero-order valence-electron chi connectivity index (χ0n) is 16.2. The first-order valence-corrected chi connectivity index (χ1v) is 10.8. The van der Waals surface area contributed by atoms with Crippen molar-refractivity contribution in [3.63, 3.8) is 0 Å². The van der Waals surface area contributed by atoms with Gasteiger partial charge in [-0.2, -0.15) is 4.98 Å². The van der Waals surface area contributed by atoms with Crippen molar-refractivity contribution in [3.8, 4) is 0 Å². The molecule has 7 heteroatoms. The van der Waals surface area contributed by atoms with Crippen LogP contribution in [0.5, 0.6) is 0 Å². The summed E-state index contributed by atoms with van der Waals surface area (Å²) in [6, 6.07) is 7.68. The molecule has 6 nitrogen and oxygen atoms in total. The lowest BCUT2D eigenvalue weighted by Gasteiger charge is -2.35. The molecule has 1 amide bonds. The third-order valence-corrected chi connectivity index (χ3v) is 5.98. The number of halogens is 1. The number of fused-ring (bicyclic) bond motifs is 6. The number of amides is 1. The molecule has 148 valence electrons. The molecule has 4 bridgehead atoms. The number of nitrogens with one attached hydrogen (secondary N) is 2. The van der Waals surface area contributed by atoms with Crippen LogP contribution in [0, 0.1) is 12.8 Å². The molecule has 28 heavy (non-hydrogen) atoms. The van der Waals surface area contributed by atoms with Crippen molar-refractivity contribution in [2.75, 3.05) is 35.2 Å². The second kappa shape index (κ2) is 8.47. The van der Waals surface area contributed by atoms with Crippen LogP contribution in [-0.4, -0.2) is 35.5 Å². The molecule has 2 aliphatic heterocycles. The quantitative estimate of drug-likeness (QED) is 0.621. The van der Waals surface area contributed by atoms with E-state index in [0.717, 1.165) is 41.9 Å². The number of piperidine rings is 1. The summed E-state index contributed by atoms with van der Waals surface area (Å²) in [7, 11) is 0. The van der Waals surface area contributed by atoms with Gasteiger partial charge in [0.2, 0.25) is 5.95 Å². The van der Waals surface area contributed by atoms with Gasteiger partial charge in [-0.3, -0.25) is 4.79 Å². The van der Waals surface area contributed by atoms with Gasteiger partial charge < -0.3 is 15.5 Å². The van der Waals surface area contributed by atoms with Gasteiger partial charge in [-0.05, 0) is 56.7 Å². The molecule has 0 radical (unpaired) electrons. The van der Waals surface area contributed by atoms with Crippen LogP contribution in [0.25, 0.3) is 0 Å². The lowest BCUT2D eigenvalue weighted by molar-refractivity contribution is 0.102. The molecule has 1 unspecified atom stereocenters. The van der Waals surface area contributed by atoms with E-state index in [1.54, 1.807) is 6.07 Å². The molecule has 2 aromatic rings. The Labute approximate surface area is 174 Å². The maximum atomic E-state index is 13.1. The topological polar surface area (TPSA) is 70.2 Å². The summed E-state index contributed by atoms with van der Waals surface area (Å²) < 4.78 is 0.989. The Morgan fingerprint density at radius 2 is 2.00 bits per heavy atom. The molecule has 0 spiro atoms. The summed E-state index contributed by atoms with van der Waals surface area (Å²) in [4.78, 5) is 24.4. The Bertz CT molecular complexity index is 872. The lowest BCUT2D eigenvalue weighted by Crippen LogP contribution is -2.36. The van der Waals surface area contributed by atoms with E-state index in [0.29, 0.717) is 23.2 Å². The second-order valence-corrected chi connectivity index (χ2v) is 8.63. The van der Waals surface area contributed by atoms with Gasteiger partial charge in [-0.1, -0.05) is 22.4 Å². The van der Waals surface area contributed by atoms with Crippen LogP contribution in [0.2, 0.25) is 0 Å². The molecule has 1 atom stereocenters. The third-order valence-electron chi connectivity index (χ3n) is 5.48. The molecule has 4 rings (SSSR count). The summed E-state index contributed by atoms with van der Waals surface area (Å²) in [5.41, 5.74) is 2.51. The fourth-order valence-electron chi connectivity index (χ4n) is 4.13. The van der Waals surface area contributed by atoms with Gasteiger partial charge >= 0.3 is 0 Å². The van der Waals surface area contributed by atoms with Crippen molar-refractivity contribution >= 4 is 39.3 Å². The smallest absolute Gasteiger partial charge is 0.258 e. The van der Waals surface area contributed by atoms with Crippen LogP contribution in [-0.2, 0) is 0 Å². The van der Waals surface area contributed by atoms with Crippen molar-refractivity contribution < 1.29 is 4.79 Å². The highest BCUT2D eigenvalue weighted by atomic mass is 79.9. The first kappa shape index (κ1) is 19.2. The Morgan fingerprint density at radius 3 is 2.89 bits per heavy atom. The number of aryl methyl sites for hydroxylation is 1. The molecule has 1 aromatic heterocycles. The number of rotatable bonds is 0. The van der Waals surface area contributed by atoms with Crippen molar-refractivity contribution in [1.29, 1.82) is 0 Å². The summed E-state index contributed by atoms with van der Waals surface area (Å²) in [5, 5.41) is 6.27. The van der Waals surface area contributed by atoms with Crippen LogP contribution >= 0.6 is 15.9 Å². The van der Waals surface area contributed by atoms with E-state index in [9.17, 15) is 4.79 Å². The average Bonchev–Trinajstić information content (AvgIpc) is 2.67. The fraction of sp³-hybridized carbons (Fsp3) is 0.476. The molecule has 1 aromatic carbocycles. The number of nitrogens with zero attached hydrogens (tertiary/aromatic N) is 3. The zero-order valence-corrected chi connectivity index (χ0v) is 17.8. The number of aromatic nitrogens is 2. The van der Waals surface area contributed by atoms with Crippen molar-refractivity contribution in [2.24, 2.45) is 5.92 Å². The molecule has 0 aliphatic carbocycles. The Hall–Kier alpha value is -2.15. The van der Waals surface area contributed by atoms with E-state index in [1.807, 2.05) is 19.1 Å². The number of hydrogen-bond acceptors (Lipinski definition) is 5. The SMILES string of the molecule is Cc1cc2nc(n1)NCCCCC1CCCN(C1)c1cc(Br)ccc1C(=O)N2. The maximum absolute atomic E-state index is 13.1. The highest BCUT2D eigenvalue weighted by Gasteiger charge is 2.24. The minimum atomic E-state index is -0.136. The van der Waals surface area contributed by atoms with Crippen LogP contribution < -0.4 is 15.5 Å². The van der Waals surface area contributed by atoms with Gasteiger partial charge in [0.15, 0.2) is 0 Å². The standard InChI is InChI=1S/C21H26BrN5O/c1-14-11-19-25-20(28)17-8-7-16(22)12-18(17)27-10-4-6-15(13-27)5-2-3-9-23-21(24-14)26-19/h7-8,11-12,15H,2-6,9-10,13H2,1H3,(H2,23,24,25,26,28). The van der Waals surface area contributed by atoms with E-state index < -0.39 is 0 Å². The second-order valence-electron chi connectivity index (χ2n) is 7.71. The number of carbonyl (C=O) groups excluding carboxylic acids is 1. The van der Waals surface area contributed by atoms with Gasteiger partial charge in [0.25, 0.3) is 5.91 Å². The Balaban J connectivity index is 1.71. The minimum absolute atomic E-state index is 0.136. The monoisotopic (exact) mass is 443 g/mol. The molecule has 2 N–H and O–H groups in total. The summed E-state index contributed by atoms with van der Waals surface area (Å²) >= 11 is 3.58. The van der Waals surface area contributed by atoms with Crippen LogP contribution in [0.3, 0.4) is 0 Å². The van der Waals surface area contributed by atoms with E-state index >= 15 is 0 Å². The van der Waals surface area contributed by atoms with Crippen molar-refractivity contribution in [1.82, 2.24) is 9.97 Å². The van der Waals surface area contributed by atoms with E-state index in [4.69, 9.17) is 0 Å². The minimum Gasteiger partial charge on any atom is -0.371 e. The fourth-order valence-corrected chi connectivity index (χ4v) is 4.48. The van der Waals surface area contributed by atoms with Gasteiger partial charge in [0, 0.05) is 35.9 Å². The maximum Gasteiger partial charge on any atom is 0.258 e. The normalized spacial score (nSPS) is 20.3. The summed E-state index contributed by atoms with van der Waals surface area (Å²) in [6.45, 7) is 4.76. The summed E-state index contributed by atoms with van der Waals surface area (Å²) in [6.07, 6.45) is 5.93. The van der Waals surface area contributed by atoms with Gasteiger partial charge in [-0.15, -0.1) is 0 Å². The first-order valence-electron chi connectivity index (χ1n) is 10.0. The molecular formula is C21H26BrN5O. The average molecular weight is 444 g/mol. The summed E-state index contributed by atoms with van der Waals surface area (Å²) in [5.74, 6) is 1.64. The number of hydrogen-bond donors (Lipinski definition) is 2. The molecule has 2 aliphatic rings. The van der Waals surface area contributed by atoms with Crippen molar-refractivity contribution in [3.05, 3.63) is 40.0 Å². The third kappa shape index (κ3) is 4.46. The van der Waals surface area contributed by atoms with E-state index in [-0.39, 0.29) is 5.91 Å². The van der Waals surface area contributed by atoms with Gasteiger partial charge in [0.1, 0.15) is 5.82 Å². The zero-order chi connectivity index (χ0) is 19.5. The molecule has 3 heterocycles. The molecular weight excluding hydrogens is 418 g/mol. The van der Waals surface area contributed by atoms with Crippen LogP contribution in [0.4, 0.5) is 17.5 Å². The first-order chi connectivity index (χ1) is 13.6. The predicted molar refractivity (Wildman–Crippen MR) is 116 cm³/mol. The number of carbonyl (C=O) groups is 1. The largest absolute Gasteiger partial charge is 0.371 e. The van der Waals surface area contributed by atoms with E-state index in [1.165, 1.54) is 25.7 Å². The number of anilines is 3. The Kier molecular flexibility index (Phi) is 5.80. The molecule has 1 saturated heterocycles. The van der Waals surface area contributed by atoms with Gasteiger partial charge in [0.05, 0.1) is 11.3 Å². The van der Waals surface area contributed by atoms with Crippen LogP contribution in [0.15, 0.2) is 28.7 Å². The van der Waals surface area contributed by atoms with Gasteiger partial charge in [-0.25, -0.2) is 4.98 Å². The highest BCUT2D eigenvalue weighted by Crippen LogP contribution is 2.31. The highest BCUT2D eigenvalue weighted by molar-refractivity contribution is 9.10. The molecule has 1 fully saturated rings. The lowest BCUT2D eigenvalue weighted by atomic mass is 9.92.